The Balaban J connectivity index is 1.50. The highest BCUT2D eigenvalue weighted by Crippen LogP contribution is 2.42. The van der Waals surface area contributed by atoms with Crippen LogP contribution >= 0.6 is 11.6 Å². The third-order valence-corrected chi connectivity index (χ3v) is 8.93. The number of halogens is 1. The average Bonchev–Trinajstić information content (AvgIpc) is 3.09. The number of rotatable bonds is 10. The Kier molecular flexibility index (Phi) is 8.09. The minimum Gasteiger partial charge on any atom is -0.352 e. The van der Waals surface area contributed by atoms with Gasteiger partial charge in [0, 0.05) is 36.0 Å². The molecule has 196 valence electrons. The van der Waals surface area contributed by atoms with E-state index < -0.39 is 16.1 Å². The third kappa shape index (κ3) is 5.60. The first-order chi connectivity index (χ1) is 17.6. The lowest BCUT2D eigenvalue weighted by atomic mass is 10.1. The van der Waals surface area contributed by atoms with Gasteiger partial charge in [0.1, 0.15) is 6.04 Å². The fourth-order valence-corrected chi connectivity index (χ4v) is 6.56. The van der Waals surface area contributed by atoms with Crippen molar-refractivity contribution >= 4 is 49.9 Å². The van der Waals surface area contributed by atoms with Crippen molar-refractivity contribution in [2.75, 3.05) is 10.8 Å². The van der Waals surface area contributed by atoms with Gasteiger partial charge in [-0.1, -0.05) is 54.9 Å². The Hall–Kier alpha value is -3.10. The van der Waals surface area contributed by atoms with Crippen molar-refractivity contribution in [3.05, 3.63) is 71.2 Å². The summed E-state index contributed by atoms with van der Waals surface area (Å²) in [7, 11) is -3.69. The van der Waals surface area contributed by atoms with Crippen molar-refractivity contribution in [2.24, 2.45) is 0 Å². The number of nitrogens with zero attached hydrogens (tertiary/aromatic N) is 2. The number of hydrogen-bond acceptors (Lipinski definition) is 4. The van der Waals surface area contributed by atoms with E-state index >= 15 is 0 Å². The maximum atomic E-state index is 13.4. The number of carbonyl (C=O) groups is 2. The zero-order valence-electron chi connectivity index (χ0n) is 21.3. The van der Waals surface area contributed by atoms with E-state index in [1.807, 2.05) is 38.1 Å². The molecule has 1 aliphatic heterocycles. The van der Waals surface area contributed by atoms with Gasteiger partial charge in [0.25, 0.3) is 10.0 Å². The molecule has 1 aliphatic rings. The molecule has 4 rings (SSSR count). The molecule has 3 aromatic rings. The largest absolute Gasteiger partial charge is 0.352 e. The highest BCUT2D eigenvalue weighted by atomic mass is 35.5. The molecular weight excluding hydrogens is 510 g/mol. The number of benzene rings is 3. The van der Waals surface area contributed by atoms with Crippen LogP contribution in [-0.4, -0.2) is 43.8 Å². The summed E-state index contributed by atoms with van der Waals surface area (Å²) in [6.07, 6.45) is 1.19. The second-order valence-electron chi connectivity index (χ2n) is 9.46. The monoisotopic (exact) mass is 541 g/mol. The van der Waals surface area contributed by atoms with Gasteiger partial charge in [-0.15, -0.1) is 0 Å². The van der Waals surface area contributed by atoms with E-state index in [4.69, 9.17) is 11.6 Å². The Morgan fingerprint density at radius 2 is 1.76 bits per heavy atom. The summed E-state index contributed by atoms with van der Waals surface area (Å²) in [6, 6.07) is 17.3. The Morgan fingerprint density at radius 1 is 1.05 bits per heavy atom. The maximum Gasteiger partial charge on any atom is 0.265 e. The van der Waals surface area contributed by atoms with Gasteiger partial charge in [0.15, 0.2) is 0 Å². The van der Waals surface area contributed by atoms with Crippen LogP contribution in [0.5, 0.6) is 0 Å². The molecule has 0 aromatic heterocycles. The molecule has 2 atom stereocenters. The van der Waals surface area contributed by atoms with Gasteiger partial charge in [0.2, 0.25) is 11.8 Å². The molecule has 2 amide bonds. The van der Waals surface area contributed by atoms with Crippen LogP contribution in [0.4, 0.5) is 5.69 Å². The molecule has 7 nitrogen and oxygen atoms in total. The number of sulfonamides is 1. The van der Waals surface area contributed by atoms with E-state index in [1.165, 1.54) is 9.21 Å². The first-order valence-electron chi connectivity index (χ1n) is 12.5. The summed E-state index contributed by atoms with van der Waals surface area (Å²) in [5.41, 5.74) is 1.45. The van der Waals surface area contributed by atoms with Gasteiger partial charge >= 0.3 is 0 Å². The summed E-state index contributed by atoms with van der Waals surface area (Å²) >= 11 is 6.15. The molecule has 1 heterocycles. The zero-order chi connectivity index (χ0) is 26.7. The Labute approximate surface area is 223 Å². The summed E-state index contributed by atoms with van der Waals surface area (Å²) in [4.78, 5) is 28.2. The van der Waals surface area contributed by atoms with Gasteiger partial charge in [-0.25, -0.2) is 8.42 Å². The standard InChI is InChI=1S/C28H32ClN3O4S/c1-4-19(2)30-28(34)20(3)31(18-21-9-5-12-23(29)17-21)26(33)15-8-16-32-24-13-6-10-22-11-7-14-25(27(22)24)37(32,35)36/h5-7,9-14,17,19-20H,4,8,15-16,18H2,1-3H3,(H,30,34). The topological polar surface area (TPSA) is 86.8 Å². The molecule has 3 aromatic carbocycles. The van der Waals surface area contributed by atoms with Crippen LogP contribution < -0.4 is 9.62 Å². The predicted octanol–water partition coefficient (Wildman–Crippen LogP) is 5.11. The molecule has 0 fully saturated rings. The van der Waals surface area contributed by atoms with Gasteiger partial charge < -0.3 is 10.2 Å². The van der Waals surface area contributed by atoms with Crippen LogP contribution in [0.2, 0.25) is 5.02 Å². The van der Waals surface area contributed by atoms with Crippen molar-refractivity contribution in [1.82, 2.24) is 10.2 Å². The van der Waals surface area contributed by atoms with E-state index in [0.717, 1.165) is 17.4 Å². The molecule has 1 N–H and O–H groups in total. The lowest BCUT2D eigenvalue weighted by Gasteiger charge is -2.30. The molecular formula is C28H32ClN3O4S. The highest BCUT2D eigenvalue weighted by molar-refractivity contribution is 7.93. The highest BCUT2D eigenvalue weighted by Gasteiger charge is 2.35. The second-order valence-corrected chi connectivity index (χ2v) is 11.7. The lowest BCUT2D eigenvalue weighted by Crippen LogP contribution is -2.49. The van der Waals surface area contributed by atoms with E-state index in [9.17, 15) is 18.0 Å². The van der Waals surface area contributed by atoms with Crippen LogP contribution in [0, 0.1) is 0 Å². The molecule has 0 saturated heterocycles. The van der Waals surface area contributed by atoms with Crippen LogP contribution in [-0.2, 0) is 26.2 Å². The van der Waals surface area contributed by atoms with Crippen LogP contribution in [0.15, 0.2) is 65.6 Å². The number of nitrogens with one attached hydrogen (secondary N) is 1. The number of amides is 2. The minimum atomic E-state index is -3.69. The molecule has 0 radical (unpaired) electrons. The molecule has 0 saturated carbocycles. The molecule has 9 heteroatoms. The molecule has 37 heavy (non-hydrogen) atoms. The van der Waals surface area contributed by atoms with Gasteiger partial charge in [-0.3, -0.25) is 13.9 Å². The lowest BCUT2D eigenvalue weighted by molar-refractivity contribution is -0.140. The fraction of sp³-hybridized carbons (Fsp3) is 0.357. The Bertz CT molecular complexity index is 1420. The zero-order valence-corrected chi connectivity index (χ0v) is 22.8. The van der Waals surface area contributed by atoms with Crippen molar-refractivity contribution in [2.45, 2.75) is 63.6 Å². The van der Waals surface area contributed by atoms with E-state index in [0.29, 0.717) is 27.4 Å². The van der Waals surface area contributed by atoms with Crippen LogP contribution in [0.3, 0.4) is 0 Å². The van der Waals surface area contributed by atoms with E-state index in [2.05, 4.69) is 5.32 Å². The molecule has 2 unspecified atom stereocenters. The van der Waals surface area contributed by atoms with E-state index in [1.54, 1.807) is 43.3 Å². The summed E-state index contributed by atoms with van der Waals surface area (Å²) in [6.45, 7) is 6.00. The number of anilines is 1. The summed E-state index contributed by atoms with van der Waals surface area (Å²) in [5.74, 6) is -0.451. The van der Waals surface area contributed by atoms with Crippen molar-refractivity contribution in [3.63, 3.8) is 0 Å². The summed E-state index contributed by atoms with van der Waals surface area (Å²) in [5, 5.41) is 5.08. The first kappa shape index (κ1) is 26.9. The van der Waals surface area contributed by atoms with Crippen molar-refractivity contribution in [1.29, 1.82) is 0 Å². The second kappa shape index (κ2) is 11.1. The number of carbonyl (C=O) groups excluding carboxylic acids is 2. The normalized spacial score (nSPS) is 15.4. The van der Waals surface area contributed by atoms with Gasteiger partial charge in [-0.2, -0.15) is 0 Å². The van der Waals surface area contributed by atoms with Crippen LogP contribution in [0.1, 0.15) is 45.6 Å². The maximum absolute atomic E-state index is 13.4. The van der Waals surface area contributed by atoms with E-state index in [-0.39, 0.29) is 37.4 Å². The predicted molar refractivity (Wildman–Crippen MR) is 147 cm³/mol. The van der Waals surface area contributed by atoms with Gasteiger partial charge in [0.05, 0.1) is 10.6 Å². The molecule has 0 aliphatic carbocycles. The smallest absolute Gasteiger partial charge is 0.265 e. The number of hydrogen-bond donors (Lipinski definition) is 1. The average molecular weight is 542 g/mol. The SMILES string of the molecule is CCC(C)NC(=O)C(C)N(Cc1cccc(Cl)c1)C(=O)CCCN1c2cccc3cccc(c23)S1(=O)=O. The van der Waals surface area contributed by atoms with Crippen molar-refractivity contribution < 1.29 is 18.0 Å². The molecule has 0 spiro atoms. The minimum absolute atomic E-state index is 0.0113. The van der Waals surface area contributed by atoms with Crippen molar-refractivity contribution in [3.8, 4) is 0 Å². The first-order valence-corrected chi connectivity index (χ1v) is 14.3. The fourth-order valence-electron chi connectivity index (χ4n) is 4.60. The quantitative estimate of drug-likeness (QED) is 0.386. The summed E-state index contributed by atoms with van der Waals surface area (Å²) < 4.78 is 27.9. The molecule has 0 bridgehead atoms. The van der Waals surface area contributed by atoms with Gasteiger partial charge in [-0.05, 0) is 61.9 Å². The van der Waals surface area contributed by atoms with Crippen LogP contribution in [0.25, 0.3) is 10.8 Å². The Morgan fingerprint density at radius 3 is 2.46 bits per heavy atom. The third-order valence-electron chi connectivity index (χ3n) is 6.84.